The van der Waals surface area contributed by atoms with E-state index in [0.717, 1.165) is 11.3 Å². The van der Waals surface area contributed by atoms with E-state index in [2.05, 4.69) is 5.32 Å². The summed E-state index contributed by atoms with van der Waals surface area (Å²) in [5.41, 5.74) is 0.917. The molecule has 10 heteroatoms. The van der Waals surface area contributed by atoms with Crippen molar-refractivity contribution in [2.75, 3.05) is 25.6 Å². The Morgan fingerprint density at radius 2 is 1.88 bits per heavy atom. The Labute approximate surface area is 187 Å². The molecule has 9 nitrogen and oxygen atoms in total. The highest BCUT2D eigenvalue weighted by molar-refractivity contribution is 7.15. The van der Waals surface area contributed by atoms with E-state index < -0.39 is 16.8 Å². The average molecular weight is 456 g/mol. The lowest BCUT2D eigenvalue weighted by atomic mass is 10.0. The summed E-state index contributed by atoms with van der Waals surface area (Å²) in [6, 6.07) is 12.7. The third-order valence-corrected chi connectivity index (χ3v) is 5.20. The van der Waals surface area contributed by atoms with Crippen LogP contribution in [0.25, 0.3) is 11.1 Å². The quantitative estimate of drug-likeness (QED) is 0.286. The monoisotopic (exact) mass is 456 g/mol. The number of rotatable bonds is 9. The number of esters is 1. The molecule has 0 aliphatic rings. The number of thiophene rings is 1. The van der Waals surface area contributed by atoms with E-state index in [1.54, 1.807) is 42.6 Å². The molecule has 32 heavy (non-hydrogen) atoms. The number of anilines is 1. The topological polar surface area (TPSA) is 117 Å². The molecule has 0 atom stereocenters. The van der Waals surface area contributed by atoms with Crippen LogP contribution in [-0.2, 0) is 9.53 Å². The van der Waals surface area contributed by atoms with Gasteiger partial charge in [-0.15, -0.1) is 11.3 Å². The summed E-state index contributed by atoms with van der Waals surface area (Å²) in [7, 11) is 1.53. The number of hydrogen-bond acceptors (Lipinski definition) is 8. The second kappa shape index (κ2) is 10.4. The maximum Gasteiger partial charge on any atom is 0.341 e. The Bertz CT molecular complexity index is 1140. The Balaban J connectivity index is 1.83. The predicted octanol–water partition coefficient (Wildman–Crippen LogP) is 4.53. The molecule has 0 aliphatic heterocycles. The number of methoxy groups -OCH3 is 1. The first-order chi connectivity index (χ1) is 15.4. The van der Waals surface area contributed by atoms with Gasteiger partial charge in [-0.05, 0) is 24.6 Å². The van der Waals surface area contributed by atoms with E-state index in [9.17, 15) is 19.7 Å². The molecule has 1 heterocycles. The minimum atomic E-state index is -0.640. The van der Waals surface area contributed by atoms with Crippen molar-refractivity contribution in [1.82, 2.24) is 0 Å². The minimum absolute atomic E-state index is 0.110. The van der Waals surface area contributed by atoms with Crippen molar-refractivity contribution in [2.24, 2.45) is 0 Å². The Kier molecular flexibility index (Phi) is 7.40. The van der Waals surface area contributed by atoms with Crippen molar-refractivity contribution in [2.45, 2.75) is 6.92 Å². The number of nitro groups is 1. The zero-order valence-electron chi connectivity index (χ0n) is 17.3. The van der Waals surface area contributed by atoms with E-state index >= 15 is 0 Å². The van der Waals surface area contributed by atoms with E-state index in [1.165, 1.54) is 25.3 Å². The van der Waals surface area contributed by atoms with Crippen LogP contribution in [0.3, 0.4) is 0 Å². The van der Waals surface area contributed by atoms with Crippen LogP contribution >= 0.6 is 11.3 Å². The van der Waals surface area contributed by atoms with Crippen molar-refractivity contribution < 1.29 is 28.7 Å². The molecule has 0 radical (unpaired) electrons. The van der Waals surface area contributed by atoms with Crippen LogP contribution in [0.5, 0.6) is 11.5 Å². The highest BCUT2D eigenvalue weighted by Crippen LogP contribution is 2.37. The van der Waals surface area contributed by atoms with Crippen LogP contribution in [0.15, 0.2) is 53.9 Å². The van der Waals surface area contributed by atoms with Gasteiger partial charge in [0, 0.05) is 29.1 Å². The number of hydrogen-bond donors (Lipinski definition) is 1. The van der Waals surface area contributed by atoms with Gasteiger partial charge < -0.3 is 19.5 Å². The van der Waals surface area contributed by atoms with Crippen LogP contribution in [0.4, 0.5) is 10.7 Å². The third kappa shape index (κ3) is 5.41. The van der Waals surface area contributed by atoms with Gasteiger partial charge in [0.1, 0.15) is 22.1 Å². The number of carbonyl (C=O) groups excluding carboxylic acids is 2. The fraction of sp³-hybridized carbons (Fsp3) is 0.182. The summed E-state index contributed by atoms with van der Waals surface area (Å²) < 4.78 is 15.7. The summed E-state index contributed by atoms with van der Waals surface area (Å²) in [5, 5.41) is 15.7. The standard InChI is InChI=1S/C22H20N2O7S/c1-3-30-22(26)20-18(14-6-4-7-15(10-14)24(27)28)13-32-21(20)23-19(25)12-31-17-9-5-8-16(11-17)29-2/h4-11,13H,3,12H2,1-2H3,(H,23,25). The molecule has 0 bridgehead atoms. The molecule has 3 aromatic rings. The van der Waals surface area contributed by atoms with Crippen molar-refractivity contribution in [3.05, 3.63) is 69.6 Å². The number of nitrogens with zero attached hydrogens (tertiary/aromatic N) is 1. The zero-order valence-corrected chi connectivity index (χ0v) is 18.1. The second-order valence-corrected chi connectivity index (χ2v) is 7.28. The molecule has 0 unspecified atom stereocenters. The first kappa shape index (κ1) is 22.8. The molecule has 0 saturated carbocycles. The number of nitrogens with one attached hydrogen (secondary N) is 1. The first-order valence-corrected chi connectivity index (χ1v) is 10.4. The van der Waals surface area contributed by atoms with E-state index in [1.807, 2.05) is 0 Å². The highest BCUT2D eigenvalue weighted by Gasteiger charge is 2.24. The van der Waals surface area contributed by atoms with Gasteiger partial charge in [-0.2, -0.15) is 0 Å². The molecule has 166 valence electrons. The molecule has 1 amide bonds. The summed E-state index contributed by atoms with van der Waals surface area (Å²) in [6.07, 6.45) is 0. The van der Waals surface area contributed by atoms with Gasteiger partial charge in [0.05, 0.1) is 18.6 Å². The largest absolute Gasteiger partial charge is 0.497 e. The van der Waals surface area contributed by atoms with Gasteiger partial charge in [0.25, 0.3) is 11.6 Å². The molecule has 0 spiro atoms. The predicted molar refractivity (Wildman–Crippen MR) is 119 cm³/mol. The van der Waals surface area contributed by atoms with Crippen molar-refractivity contribution in [3.8, 4) is 22.6 Å². The summed E-state index contributed by atoms with van der Waals surface area (Å²) in [4.78, 5) is 35.7. The number of non-ortho nitro benzene ring substituents is 1. The average Bonchev–Trinajstić information content (AvgIpc) is 3.21. The van der Waals surface area contributed by atoms with Crippen LogP contribution in [-0.4, -0.2) is 37.1 Å². The Morgan fingerprint density at radius 1 is 1.12 bits per heavy atom. The zero-order chi connectivity index (χ0) is 23.1. The lowest BCUT2D eigenvalue weighted by Crippen LogP contribution is -2.21. The maximum atomic E-state index is 12.6. The van der Waals surface area contributed by atoms with E-state index in [0.29, 0.717) is 22.6 Å². The van der Waals surface area contributed by atoms with Gasteiger partial charge >= 0.3 is 5.97 Å². The SMILES string of the molecule is CCOC(=O)c1c(-c2cccc([N+](=O)[O-])c2)csc1NC(=O)COc1cccc(OC)c1. The number of ether oxygens (including phenoxy) is 3. The first-order valence-electron chi connectivity index (χ1n) is 9.53. The van der Waals surface area contributed by atoms with Gasteiger partial charge in [0.2, 0.25) is 0 Å². The molecule has 0 saturated heterocycles. The van der Waals surface area contributed by atoms with Gasteiger partial charge in [0.15, 0.2) is 6.61 Å². The Morgan fingerprint density at radius 3 is 2.59 bits per heavy atom. The molecule has 0 aliphatic carbocycles. The fourth-order valence-corrected chi connectivity index (χ4v) is 3.83. The molecule has 2 aromatic carbocycles. The third-order valence-electron chi connectivity index (χ3n) is 4.30. The number of benzene rings is 2. The molecule has 1 N–H and O–H groups in total. The Hall–Kier alpha value is -3.92. The maximum absolute atomic E-state index is 12.6. The van der Waals surface area contributed by atoms with Gasteiger partial charge in [-0.1, -0.05) is 18.2 Å². The van der Waals surface area contributed by atoms with Crippen LogP contribution < -0.4 is 14.8 Å². The van der Waals surface area contributed by atoms with Crippen LogP contribution in [0, 0.1) is 10.1 Å². The van der Waals surface area contributed by atoms with E-state index in [-0.39, 0.29) is 29.5 Å². The lowest BCUT2D eigenvalue weighted by Gasteiger charge is -2.10. The van der Waals surface area contributed by atoms with Gasteiger partial charge in [-0.3, -0.25) is 14.9 Å². The fourth-order valence-electron chi connectivity index (χ4n) is 2.86. The van der Waals surface area contributed by atoms with Gasteiger partial charge in [-0.25, -0.2) is 4.79 Å². The molecule has 0 fully saturated rings. The number of carbonyl (C=O) groups is 2. The van der Waals surface area contributed by atoms with E-state index in [4.69, 9.17) is 14.2 Å². The van der Waals surface area contributed by atoms with Crippen molar-refractivity contribution in [1.29, 1.82) is 0 Å². The van der Waals surface area contributed by atoms with Crippen molar-refractivity contribution in [3.63, 3.8) is 0 Å². The minimum Gasteiger partial charge on any atom is -0.497 e. The summed E-state index contributed by atoms with van der Waals surface area (Å²) >= 11 is 1.12. The smallest absolute Gasteiger partial charge is 0.341 e. The summed E-state index contributed by atoms with van der Waals surface area (Å²) in [6.45, 7) is 1.51. The van der Waals surface area contributed by atoms with Crippen LogP contribution in [0.2, 0.25) is 0 Å². The van der Waals surface area contributed by atoms with Crippen molar-refractivity contribution >= 4 is 33.9 Å². The number of amides is 1. The summed E-state index contributed by atoms with van der Waals surface area (Å²) in [5.74, 6) is -0.0778. The molecular formula is C22H20N2O7S. The molecule has 1 aromatic heterocycles. The highest BCUT2D eigenvalue weighted by atomic mass is 32.1. The lowest BCUT2D eigenvalue weighted by molar-refractivity contribution is -0.384. The molecular weight excluding hydrogens is 436 g/mol. The normalized spacial score (nSPS) is 10.3. The number of nitro benzene ring substituents is 1. The molecule has 3 rings (SSSR count). The van der Waals surface area contributed by atoms with Crippen LogP contribution in [0.1, 0.15) is 17.3 Å². The second-order valence-electron chi connectivity index (χ2n) is 6.40.